The fourth-order valence-corrected chi connectivity index (χ4v) is 3.31. The molecule has 2 atom stereocenters. The number of anilines is 1. The molecule has 1 heterocycles. The summed E-state index contributed by atoms with van der Waals surface area (Å²) in [4.78, 5) is 18.1. The van der Waals surface area contributed by atoms with Gasteiger partial charge in [-0.05, 0) is 44.7 Å². The second-order valence-corrected chi connectivity index (χ2v) is 6.16. The molecule has 0 saturated heterocycles. The van der Waals surface area contributed by atoms with Crippen LogP contribution in [0.25, 0.3) is 0 Å². The molecule has 104 valence electrons. The number of rotatable bonds is 5. The van der Waals surface area contributed by atoms with Gasteiger partial charge in [0.05, 0.1) is 6.54 Å². The van der Waals surface area contributed by atoms with Crippen molar-refractivity contribution in [3.05, 3.63) is 24.5 Å². The molecule has 0 aliphatic heterocycles. The smallest absolute Gasteiger partial charge is 0.238 e. The Bertz CT molecular complexity index is 412. The quantitative estimate of drug-likeness (QED) is 0.898. The van der Waals surface area contributed by atoms with Gasteiger partial charge in [-0.1, -0.05) is 0 Å². The predicted octanol–water partition coefficient (Wildman–Crippen LogP) is 2.24. The molecule has 19 heavy (non-hydrogen) atoms. The average molecular weight is 279 g/mol. The van der Waals surface area contributed by atoms with Crippen molar-refractivity contribution >= 4 is 23.4 Å². The zero-order valence-electron chi connectivity index (χ0n) is 11.5. The van der Waals surface area contributed by atoms with Gasteiger partial charge in [0, 0.05) is 29.4 Å². The summed E-state index contributed by atoms with van der Waals surface area (Å²) < 4.78 is 0. The fourth-order valence-electron chi connectivity index (χ4n) is 2.52. The second kappa shape index (κ2) is 6.91. The summed E-state index contributed by atoms with van der Waals surface area (Å²) in [6.07, 6.45) is 9.19. The Hall–Kier alpha value is -1.07. The molecule has 0 radical (unpaired) electrons. The Morgan fingerprint density at radius 3 is 2.84 bits per heavy atom. The zero-order valence-corrected chi connectivity index (χ0v) is 12.3. The van der Waals surface area contributed by atoms with Crippen LogP contribution in [0.4, 0.5) is 5.69 Å². The van der Waals surface area contributed by atoms with E-state index in [9.17, 15) is 4.79 Å². The molecular weight excluding hydrogens is 258 g/mol. The van der Waals surface area contributed by atoms with Crippen LogP contribution in [-0.4, -0.2) is 46.9 Å². The van der Waals surface area contributed by atoms with Crippen molar-refractivity contribution in [2.45, 2.75) is 30.6 Å². The van der Waals surface area contributed by atoms with Crippen molar-refractivity contribution in [1.29, 1.82) is 0 Å². The maximum atomic E-state index is 12.0. The van der Waals surface area contributed by atoms with E-state index < -0.39 is 0 Å². The summed E-state index contributed by atoms with van der Waals surface area (Å²) in [5.41, 5.74) is 0.807. The van der Waals surface area contributed by atoms with E-state index in [2.05, 4.69) is 21.5 Å². The molecule has 0 spiro atoms. The number of likely N-dealkylation sites (N-methyl/N-ethyl adjacent to an activating group) is 1. The number of nitrogens with one attached hydrogen (secondary N) is 1. The molecule has 2 rings (SSSR count). The van der Waals surface area contributed by atoms with Crippen molar-refractivity contribution in [2.75, 3.05) is 25.2 Å². The first-order valence-corrected chi connectivity index (χ1v) is 7.90. The van der Waals surface area contributed by atoms with E-state index in [0.29, 0.717) is 12.6 Å². The lowest BCUT2D eigenvalue weighted by Crippen LogP contribution is -2.36. The van der Waals surface area contributed by atoms with Gasteiger partial charge in [-0.2, -0.15) is 11.8 Å². The van der Waals surface area contributed by atoms with Crippen molar-refractivity contribution in [2.24, 2.45) is 0 Å². The van der Waals surface area contributed by atoms with Gasteiger partial charge >= 0.3 is 0 Å². The van der Waals surface area contributed by atoms with Crippen molar-refractivity contribution < 1.29 is 4.79 Å². The first-order valence-electron chi connectivity index (χ1n) is 6.62. The van der Waals surface area contributed by atoms with Crippen LogP contribution in [-0.2, 0) is 4.79 Å². The van der Waals surface area contributed by atoms with Gasteiger partial charge in [-0.25, -0.2) is 0 Å². The summed E-state index contributed by atoms with van der Waals surface area (Å²) in [7, 11) is 2.04. The van der Waals surface area contributed by atoms with Gasteiger partial charge in [-0.3, -0.25) is 14.7 Å². The highest BCUT2D eigenvalue weighted by atomic mass is 32.2. The van der Waals surface area contributed by atoms with Crippen LogP contribution in [0, 0.1) is 0 Å². The van der Waals surface area contributed by atoms with Gasteiger partial charge in [-0.15, -0.1) is 0 Å². The van der Waals surface area contributed by atoms with Crippen molar-refractivity contribution in [1.82, 2.24) is 9.88 Å². The number of aromatic nitrogens is 1. The number of pyridine rings is 1. The van der Waals surface area contributed by atoms with Crippen LogP contribution in [0.1, 0.15) is 19.3 Å². The van der Waals surface area contributed by atoms with E-state index in [0.717, 1.165) is 10.9 Å². The standard InChI is InChI=1S/C14H21N3OS/c1-17(12-3-4-13(9-12)19-2)10-14(18)16-11-5-7-15-8-6-11/h5-8,12-13H,3-4,9-10H2,1-2H3,(H,15,16,18)/t12-,13-/m0/s1. The van der Waals surface area contributed by atoms with Crippen LogP contribution < -0.4 is 5.32 Å². The van der Waals surface area contributed by atoms with E-state index in [1.165, 1.54) is 19.3 Å². The molecule has 1 aliphatic carbocycles. The number of hydrogen-bond donors (Lipinski definition) is 1. The minimum atomic E-state index is 0.0429. The first-order chi connectivity index (χ1) is 9.19. The van der Waals surface area contributed by atoms with Gasteiger partial charge in [0.15, 0.2) is 0 Å². The molecule has 0 aromatic carbocycles. The van der Waals surface area contributed by atoms with Crippen molar-refractivity contribution in [3.63, 3.8) is 0 Å². The minimum Gasteiger partial charge on any atom is -0.325 e. The number of amides is 1. The third kappa shape index (κ3) is 4.21. The number of carbonyl (C=O) groups excluding carboxylic acids is 1. The first kappa shape index (κ1) is 14.3. The van der Waals surface area contributed by atoms with Gasteiger partial charge in [0.1, 0.15) is 0 Å². The number of thioether (sulfide) groups is 1. The Morgan fingerprint density at radius 1 is 1.47 bits per heavy atom. The van der Waals surface area contributed by atoms with E-state index in [4.69, 9.17) is 0 Å². The van der Waals surface area contributed by atoms with Crippen LogP contribution in [0.3, 0.4) is 0 Å². The lowest BCUT2D eigenvalue weighted by atomic mass is 10.2. The van der Waals surface area contributed by atoms with E-state index in [1.54, 1.807) is 24.5 Å². The second-order valence-electron chi connectivity index (χ2n) is 5.02. The van der Waals surface area contributed by atoms with Crippen LogP contribution in [0.15, 0.2) is 24.5 Å². The van der Waals surface area contributed by atoms with E-state index in [-0.39, 0.29) is 5.91 Å². The predicted molar refractivity (Wildman–Crippen MR) is 80.4 cm³/mol. The molecule has 1 fully saturated rings. The van der Waals surface area contributed by atoms with Crippen LogP contribution in [0.2, 0.25) is 0 Å². The molecule has 1 aromatic heterocycles. The van der Waals surface area contributed by atoms with Gasteiger partial charge in [0.2, 0.25) is 5.91 Å². The Kier molecular flexibility index (Phi) is 5.22. The van der Waals surface area contributed by atoms with Gasteiger partial charge < -0.3 is 5.32 Å². The Labute approximate surface area is 119 Å². The van der Waals surface area contributed by atoms with Crippen molar-refractivity contribution in [3.8, 4) is 0 Å². The minimum absolute atomic E-state index is 0.0429. The third-order valence-corrected chi connectivity index (χ3v) is 4.77. The number of nitrogens with zero attached hydrogens (tertiary/aromatic N) is 2. The molecule has 1 N–H and O–H groups in total. The maximum Gasteiger partial charge on any atom is 0.238 e. The maximum absolute atomic E-state index is 12.0. The molecule has 5 heteroatoms. The molecule has 0 bridgehead atoms. The van der Waals surface area contributed by atoms with Gasteiger partial charge in [0.25, 0.3) is 0 Å². The monoisotopic (exact) mass is 279 g/mol. The van der Waals surface area contributed by atoms with E-state index >= 15 is 0 Å². The number of hydrogen-bond acceptors (Lipinski definition) is 4. The molecule has 0 unspecified atom stereocenters. The summed E-state index contributed by atoms with van der Waals surface area (Å²) in [5, 5.41) is 3.66. The normalized spacial score (nSPS) is 22.7. The SMILES string of the molecule is CS[C@H]1CC[C@H](N(C)CC(=O)Nc2ccncc2)C1. The zero-order chi connectivity index (χ0) is 13.7. The van der Waals surface area contributed by atoms with Crippen LogP contribution in [0.5, 0.6) is 0 Å². The Balaban J connectivity index is 1.79. The number of carbonyl (C=O) groups is 1. The third-order valence-electron chi connectivity index (χ3n) is 3.67. The summed E-state index contributed by atoms with van der Waals surface area (Å²) in [6.45, 7) is 0.452. The summed E-state index contributed by atoms with van der Waals surface area (Å²) in [6, 6.07) is 4.15. The molecule has 1 aliphatic rings. The molecule has 1 aromatic rings. The highest BCUT2D eigenvalue weighted by Crippen LogP contribution is 2.30. The lowest BCUT2D eigenvalue weighted by Gasteiger charge is -2.23. The lowest BCUT2D eigenvalue weighted by molar-refractivity contribution is -0.117. The topological polar surface area (TPSA) is 45.2 Å². The molecular formula is C14H21N3OS. The fraction of sp³-hybridized carbons (Fsp3) is 0.571. The highest BCUT2D eigenvalue weighted by molar-refractivity contribution is 7.99. The average Bonchev–Trinajstić information content (AvgIpc) is 2.88. The molecule has 4 nitrogen and oxygen atoms in total. The highest BCUT2D eigenvalue weighted by Gasteiger charge is 2.27. The van der Waals surface area contributed by atoms with E-state index in [1.807, 2.05) is 18.8 Å². The summed E-state index contributed by atoms with van der Waals surface area (Å²) in [5.74, 6) is 0.0429. The summed E-state index contributed by atoms with van der Waals surface area (Å²) >= 11 is 1.94. The molecule has 1 saturated carbocycles. The Morgan fingerprint density at radius 2 is 2.21 bits per heavy atom. The molecule has 1 amide bonds. The largest absolute Gasteiger partial charge is 0.325 e. The van der Waals surface area contributed by atoms with Crippen LogP contribution >= 0.6 is 11.8 Å².